The molecule has 1 aromatic carbocycles. The Kier molecular flexibility index (Phi) is 5.10. The van der Waals surface area contributed by atoms with Crippen LogP contribution >= 0.6 is 0 Å². The van der Waals surface area contributed by atoms with Crippen LogP contribution in [0.1, 0.15) is 19.8 Å². The van der Waals surface area contributed by atoms with Crippen molar-refractivity contribution < 1.29 is 23.8 Å². The number of halogens is 1. The molecule has 5 nitrogen and oxygen atoms in total. The monoisotopic (exact) mass is 255 g/mol. The molecule has 0 heterocycles. The zero-order valence-corrected chi connectivity index (χ0v) is 9.90. The van der Waals surface area contributed by atoms with Gasteiger partial charge in [0.25, 0.3) is 0 Å². The second-order valence-electron chi connectivity index (χ2n) is 3.52. The minimum atomic E-state index is -1.05. The molecule has 98 valence electrons. The van der Waals surface area contributed by atoms with Crippen LogP contribution in [-0.4, -0.2) is 23.6 Å². The zero-order valence-electron chi connectivity index (χ0n) is 9.90. The van der Waals surface area contributed by atoms with E-state index < -0.39 is 17.7 Å². The normalized spacial score (nSPS) is 9.89. The number of anilines is 1. The molecule has 18 heavy (non-hydrogen) atoms. The molecule has 0 atom stereocenters. The number of carbonyl (C=O) groups is 2. The molecule has 0 unspecified atom stereocenters. The second kappa shape index (κ2) is 6.58. The van der Waals surface area contributed by atoms with Gasteiger partial charge >= 0.3 is 5.97 Å². The van der Waals surface area contributed by atoms with Crippen molar-refractivity contribution >= 4 is 17.6 Å². The molecule has 0 saturated heterocycles. The van der Waals surface area contributed by atoms with Gasteiger partial charge in [-0.25, -0.2) is 4.39 Å². The molecule has 0 spiro atoms. The lowest BCUT2D eigenvalue weighted by molar-refractivity contribution is -0.138. The third-order valence-electron chi connectivity index (χ3n) is 2.08. The molecule has 0 saturated carbocycles. The van der Waals surface area contributed by atoms with Crippen molar-refractivity contribution in [1.29, 1.82) is 0 Å². The van der Waals surface area contributed by atoms with E-state index in [1.807, 2.05) is 0 Å². The summed E-state index contributed by atoms with van der Waals surface area (Å²) in [6, 6.07) is 4.03. The SMILES string of the molecule is CCOc1ccc(NC(=O)CCC(=O)O)cc1F. The summed E-state index contributed by atoms with van der Waals surface area (Å²) in [7, 11) is 0. The average molecular weight is 255 g/mol. The highest BCUT2D eigenvalue weighted by molar-refractivity contribution is 5.92. The van der Waals surface area contributed by atoms with Crippen LogP contribution in [0.4, 0.5) is 10.1 Å². The van der Waals surface area contributed by atoms with Crippen LogP contribution in [0, 0.1) is 5.82 Å². The van der Waals surface area contributed by atoms with E-state index in [0.717, 1.165) is 6.07 Å². The maximum Gasteiger partial charge on any atom is 0.303 e. The maximum atomic E-state index is 13.4. The van der Waals surface area contributed by atoms with Crippen molar-refractivity contribution in [3.8, 4) is 5.75 Å². The van der Waals surface area contributed by atoms with Gasteiger partial charge in [-0.3, -0.25) is 9.59 Å². The van der Waals surface area contributed by atoms with Crippen molar-refractivity contribution in [3.05, 3.63) is 24.0 Å². The number of carbonyl (C=O) groups excluding carboxylic acids is 1. The lowest BCUT2D eigenvalue weighted by atomic mass is 10.2. The highest BCUT2D eigenvalue weighted by Crippen LogP contribution is 2.21. The Balaban J connectivity index is 2.60. The second-order valence-corrected chi connectivity index (χ2v) is 3.52. The topological polar surface area (TPSA) is 75.6 Å². The van der Waals surface area contributed by atoms with Crippen LogP contribution in [0.15, 0.2) is 18.2 Å². The quantitative estimate of drug-likeness (QED) is 0.815. The summed E-state index contributed by atoms with van der Waals surface area (Å²) < 4.78 is 18.4. The summed E-state index contributed by atoms with van der Waals surface area (Å²) in [6.07, 6.45) is -0.407. The van der Waals surface area contributed by atoms with Crippen LogP contribution < -0.4 is 10.1 Å². The first-order valence-electron chi connectivity index (χ1n) is 5.47. The van der Waals surface area contributed by atoms with Gasteiger partial charge in [-0.2, -0.15) is 0 Å². The number of carboxylic acid groups (broad SMARTS) is 1. The molecule has 0 aliphatic rings. The minimum absolute atomic E-state index is 0.112. The fourth-order valence-corrected chi connectivity index (χ4v) is 1.30. The van der Waals surface area contributed by atoms with Crippen molar-refractivity contribution in [3.63, 3.8) is 0 Å². The van der Waals surface area contributed by atoms with Gasteiger partial charge in [0.1, 0.15) is 0 Å². The van der Waals surface area contributed by atoms with Gasteiger partial charge in [0.2, 0.25) is 5.91 Å². The number of carboxylic acids is 1. The van der Waals surface area contributed by atoms with Crippen LogP contribution in [-0.2, 0) is 9.59 Å². The number of ether oxygens (including phenoxy) is 1. The van der Waals surface area contributed by atoms with E-state index in [1.165, 1.54) is 12.1 Å². The van der Waals surface area contributed by atoms with Crippen LogP contribution in [0.2, 0.25) is 0 Å². The first kappa shape index (κ1) is 14.0. The summed E-state index contributed by atoms with van der Waals surface area (Å²) in [5.74, 6) is -1.99. The molecule has 6 heteroatoms. The minimum Gasteiger partial charge on any atom is -0.491 e. The van der Waals surface area contributed by atoms with E-state index in [4.69, 9.17) is 9.84 Å². The standard InChI is InChI=1S/C12H14FNO4/c1-2-18-10-4-3-8(7-9(10)13)14-11(15)5-6-12(16)17/h3-4,7H,2,5-6H2,1H3,(H,14,15)(H,16,17). The number of hydrogen-bond acceptors (Lipinski definition) is 3. The Labute approximate surface area is 104 Å². The zero-order chi connectivity index (χ0) is 13.5. The number of rotatable bonds is 6. The van der Waals surface area contributed by atoms with Gasteiger partial charge in [0.15, 0.2) is 11.6 Å². The number of nitrogens with one attached hydrogen (secondary N) is 1. The molecule has 0 aromatic heterocycles. The third kappa shape index (κ3) is 4.40. The van der Waals surface area contributed by atoms with E-state index >= 15 is 0 Å². The van der Waals surface area contributed by atoms with Crippen molar-refractivity contribution in [2.24, 2.45) is 0 Å². The number of hydrogen-bond donors (Lipinski definition) is 2. The van der Waals surface area contributed by atoms with Crippen LogP contribution in [0.5, 0.6) is 5.75 Å². The molecule has 0 bridgehead atoms. The first-order valence-corrected chi connectivity index (χ1v) is 5.47. The fourth-order valence-electron chi connectivity index (χ4n) is 1.30. The predicted octanol–water partition coefficient (Wildman–Crippen LogP) is 2.03. The van der Waals surface area contributed by atoms with Gasteiger partial charge < -0.3 is 15.2 Å². The molecule has 0 fully saturated rings. The molecule has 1 amide bonds. The number of amides is 1. The van der Waals surface area contributed by atoms with E-state index in [1.54, 1.807) is 6.92 Å². The van der Waals surface area contributed by atoms with Crippen LogP contribution in [0.3, 0.4) is 0 Å². The lowest BCUT2D eigenvalue weighted by Crippen LogP contribution is -2.13. The van der Waals surface area contributed by atoms with Crippen molar-refractivity contribution in [2.45, 2.75) is 19.8 Å². The van der Waals surface area contributed by atoms with Gasteiger partial charge in [-0.15, -0.1) is 0 Å². The average Bonchev–Trinajstić information content (AvgIpc) is 2.30. The fraction of sp³-hybridized carbons (Fsp3) is 0.333. The molecular formula is C12H14FNO4. The molecule has 2 N–H and O–H groups in total. The van der Waals surface area contributed by atoms with Crippen molar-refractivity contribution in [2.75, 3.05) is 11.9 Å². The lowest BCUT2D eigenvalue weighted by Gasteiger charge is -2.08. The highest BCUT2D eigenvalue weighted by atomic mass is 19.1. The summed E-state index contributed by atoms with van der Waals surface area (Å²) in [5, 5.41) is 10.8. The maximum absolute atomic E-state index is 13.4. The summed E-state index contributed by atoms with van der Waals surface area (Å²) >= 11 is 0. The summed E-state index contributed by atoms with van der Waals surface area (Å²) in [5.41, 5.74) is 0.270. The van der Waals surface area contributed by atoms with Gasteiger partial charge in [0.05, 0.1) is 13.0 Å². The van der Waals surface area contributed by atoms with E-state index in [2.05, 4.69) is 5.32 Å². The van der Waals surface area contributed by atoms with Crippen molar-refractivity contribution in [1.82, 2.24) is 0 Å². The highest BCUT2D eigenvalue weighted by Gasteiger charge is 2.08. The van der Waals surface area contributed by atoms with Crippen LogP contribution in [0.25, 0.3) is 0 Å². The van der Waals surface area contributed by atoms with E-state index in [0.29, 0.717) is 6.61 Å². The third-order valence-corrected chi connectivity index (χ3v) is 2.08. The van der Waals surface area contributed by atoms with E-state index in [9.17, 15) is 14.0 Å². The molecule has 1 rings (SSSR count). The number of benzene rings is 1. The first-order chi connectivity index (χ1) is 8.52. The summed E-state index contributed by atoms with van der Waals surface area (Å²) in [4.78, 5) is 21.6. The molecule has 0 radical (unpaired) electrons. The largest absolute Gasteiger partial charge is 0.491 e. The smallest absolute Gasteiger partial charge is 0.303 e. The molecule has 0 aliphatic carbocycles. The molecule has 1 aromatic rings. The predicted molar refractivity (Wildman–Crippen MR) is 63.1 cm³/mol. The Morgan fingerprint density at radius 3 is 2.67 bits per heavy atom. The Morgan fingerprint density at radius 1 is 1.39 bits per heavy atom. The molecule has 0 aliphatic heterocycles. The van der Waals surface area contributed by atoms with Gasteiger partial charge in [0, 0.05) is 18.2 Å². The Morgan fingerprint density at radius 2 is 2.11 bits per heavy atom. The molecular weight excluding hydrogens is 241 g/mol. The number of aliphatic carboxylic acids is 1. The van der Waals surface area contributed by atoms with E-state index in [-0.39, 0.29) is 24.3 Å². The summed E-state index contributed by atoms with van der Waals surface area (Å²) in [6.45, 7) is 2.09. The Hall–Kier alpha value is -2.11. The van der Waals surface area contributed by atoms with Gasteiger partial charge in [-0.05, 0) is 19.1 Å². The van der Waals surface area contributed by atoms with Gasteiger partial charge in [-0.1, -0.05) is 0 Å². The Bertz CT molecular complexity index is 448.